The maximum atomic E-state index is 12.9. The Bertz CT molecular complexity index is 835. The minimum Gasteiger partial charge on any atom is -0.339 e. The third-order valence-corrected chi connectivity index (χ3v) is 3.63. The molecule has 0 bridgehead atoms. The van der Waals surface area contributed by atoms with Crippen LogP contribution < -0.4 is 5.48 Å². The van der Waals surface area contributed by atoms with Gasteiger partial charge in [-0.25, -0.2) is 9.87 Å². The smallest absolute Gasteiger partial charge is 0.243 e. The molecule has 0 radical (unpaired) electrons. The summed E-state index contributed by atoms with van der Waals surface area (Å²) in [6.45, 7) is 0.317. The highest BCUT2D eigenvalue weighted by molar-refractivity contribution is 5.74. The first-order valence-corrected chi connectivity index (χ1v) is 8.24. The first kappa shape index (κ1) is 17.8. The molecular weight excluding hydrogens is 337 g/mol. The number of benzene rings is 2. The molecule has 26 heavy (non-hydrogen) atoms. The lowest BCUT2D eigenvalue weighted by atomic mass is 10.2. The quantitative estimate of drug-likeness (QED) is 0.626. The lowest BCUT2D eigenvalue weighted by Crippen LogP contribution is -2.23. The molecule has 1 amide bonds. The SMILES string of the molecule is O=C(CCCc1nc(-c2ccc(F)cc2)no1)NOCc1ccccc1. The van der Waals surface area contributed by atoms with E-state index in [9.17, 15) is 9.18 Å². The molecule has 6 nitrogen and oxygen atoms in total. The monoisotopic (exact) mass is 355 g/mol. The van der Waals surface area contributed by atoms with E-state index in [2.05, 4.69) is 15.6 Å². The molecule has 0 saturated carbocycles. The van der Waals surface area contributed by atoms with Crippen molar-refractivity contribution in [2.24, 2.45) is 0 Å². The third-order valence-electron chi connectivity index (χ3n) is 3.63. The Labute approximate surface area is 149 Å². The summed E-state index contributed by atoms with van der Waals surface area (Å²) < 4.78 is 18.1. The van der Waals surface area contributed by atoms with Gasteiger partial charge in [-0.2, -0.15) is 4.98 Å². The lowest BCUT2D eigenvalue weighted by molar-refractivity contribution is -0.134. The summed E-state index contributed by atoms with van der Waals surface area (Å²) in [7, 11) is 0. The predicted molar refractivity (Wildman–Crippen MR) is 92.0 cm³/mol. The molecule has 1 N–H and O–H groups in total. The summed E-state index contributed by atoms with van der Waals surface area (Å²) >= 11 is 0. The van der Waals surface area contributed by atoms with Crippen LogP contribution in [0.2, 0.25) is 0 Å². The van der Waals surface area contributed by atoms with Crippen LogP contribution in [0.5, 0.6) is 0 Å². The largest absolute Gasteiger partial charge is 0.339 e. The molecule has 0 atom stereocenters. The number of hydrogen-bond acceptors (Lipinski definition) is 5. The molecule has 0 spiro atoms. The summed E-state index contributed by atoms with van der Waals surface area (Å²) in [6.07, 6.45) is 1.30. The molecule has 1 heterocycles. The number of aromatic nitrogens is 2. The van der Waals surface area contributed by atoms with Crippen molar-refractivity contribution in [2.75, 3.05) is 0 Å². The van der Waals surface area contributed by atoms with E-state index in [4.69, 9.17) is 9.36 Å². The summed E-state index contributed by atoms with van der Waals surface area (Å²) in [5, 5.41) is 3.86. The molecule has 7 heteroatoms. The molecule has 0 aliphatic rings. The van der Waals surface area contributed by atoms with Gasteiger partial charge in [-0.3, -0.25) is 9.63 Å². The van der Waals surface area contributed by atoms with Crippen molar-refractivity contribution in [3.05, 3.63) is 71.9 Å². The number of rotatable bonds is 8. The van der Waals surface area contributed by atoms with E-state index >= 15 is 0 Å². The normalized spacial score (nSPS) is 10.7. The van der Waals surface area contributed by atoms with E-state index in [0.29, 0.717) is 36.7 Å². The van der Waals surface area contributed by atoms with Crippen LogP contribution in [0.15, 0.2) is 59.1 Å². The topological polar surface area (TPSA) is 77.2 Å². The zero-order valence-corrected chi connectivity index (χ0v) is 14.0. The van der Waals surface area contributed by atoms with Gasteiger partial charge in [-0.15, -0.1) is 0 Å². The van der Waals surface area contributed by atoms with Crippen molar-refractivity contribution < 1.29 is 18.5 Å². The van der Waals surface area contributed by atoms with Crippen LogP contribution in [0.25, 0.3) is 11.4 Å². The van der Waals surface area contributed by atoms with E-state index < -0.39 is 0 Å². The molecule has 134 valence electrons. The average molecular weight is 355 g/mol. The Morgan fingerprint density at radius 1 is 1.12 bits per heavy atom. The number of nitrogens with zero attached hydrogens (tertiary/aromatic N) is 2. The lowest BCUT2D eigenvalue weighted by Gasteiger charge is -2.05. The van der Waals surface area contributed by atoms with Crippen LogP contribution in [0, 0.1) is 5.82 Å². The van der Waals surface area contributed by atoms with Gasteiger partial charge in [0.1, 0.15) is 5.82 Å². The van der Waals surface area contributed by atoms with Crippen LogP contribution in [0.4, 0.5) is 4.39 Å². The number of amides is 1. The first-order chi connectivity index (χ1) is 12.7. The third kappa shape index (κ3) is 5.22. The van der Waals surface area contributed by atoms with Crippen LogP contribution in [-0.4, -0.2) is 16.0 Å². The summed E-state index contributed by atoms with van der Waals surface area (Å²) in [5.74, 6) is 0.301. The van der Waals surface area contributed by atoms with Crippen LogP contribution in [0.3, 0.4) is 0 Å². The van der Waals surface area contributed by atoms with Gasteiger partial charge >= 0.3 is 0 Å². The Balaban J connectivity index is 1.38. The van der Waals surface area contributed by atoms with Crippen LogP contribution >= 0.6 is 0 Å². The predicted octanol–water partition coefficient (Wildman–Crippen LogP) is 3.45. The second-order valence-corrected chi connectivity index (χ2v) is 5.67. The number of hydroxylamine groups is 1. The van der Waals surface area contributed by atoms with Gasteiger partial charge in [0.05, 0.1) is 6.61 Å². The van der Waals surface area contributed by atoms with Crippen LogP contribution in [-0.2, 0) is 22.7 Å². The highest BCUT2D eigenvalue weighted by Gasteiger charge is 2.10. The Morgan fingerprint density at radius 2 is 1.88 bits per heavy atom. The van der Waals surface area contributed by atoms with Gasteiger partial charge in [-0.1, -0.05) is 35.5 Å². The molecule has 0 aliphatic carbocycles. The van der Waals surface area contributed by atoms with Gasteiger partial charge in [0.2, 0.25) is 17.6 Å². The minimum absolute atomic E-state index is 0.209. The van der Waals surface area contributed by atoms with Crippen LogP contribution in [0.1, 0.15) is 24.3 Å². The van der Waals surface area contributed by atoms with Gasteiger partial charge < -0.3 is 4.52 Å². The number of carbonyl (C=O) groups is 1. The standard InChI is InChI=1S/C19H18FN3O3/c20-16-11-9-15(10-12-16)19-21-18(26-23-19)8-4-7-17(24)22-25-13-14-5-2-1-3-6-14/h1-3,5-6,9-12H,4,7-8,13H2,(H,22,24). The highest BCUT2D eigenvalue weighted by atomic mass is 19.1. The van der Waals surface area contributed by atoms with E-state index in [1.807, 2.05) is 30.3 Å². The van der Waals surface area contributed by atoms with E-state index in [0.717, 1.165) is 5.56 Å². The van der Waals surface area contributed by atoms with Crippen molar-refractivity contribution >= 4 is 5.91 Å². The minimum atomic E-state index is -0.321. The molecule has 0 aliphatic heterocycles. The molecule has 0 saturated heterocycles. The van der Waals surface area contributed by atoms with Gasteiger partial charge in [0, 0.05) is 18.4 Å². The number of halogens is 1. The van der Waals surface area contributed by atoms with Gasteiger partial charge in [-0.05, 0) is 36.2 Å². The summed E-state index contributed by atoms with van der Waals surface area (Å²) in [5.41, 5.74) is 4.07. The molecule has 3 aromatic rings. The van der Waals surface area contributed by atoms with E-state index in [1.165, 1.54) is 12.1 Å². The summed E-state index contributed by atoms with van der Waals surface area (Å²) in [4.78, 5) is 21.2. The molecule has 2 aromatic carbocycles. The maximum absolute atomic E-state index is 12.9. The Hall–Kier alpha value is -3.06. The number of aryl methyl sites for hydroxylation is 1. The Kier molecular flexibility index (Phi) is 6.05. The molecular formula is C19H18FN3O3. The molecule has 1 aromatic heterocycles. The van der Waals surface area contributed by atoms with E-state index in [-0.39, 0.29) is 18.1 Å². The van der Waals surface area contributed by atoms with Crippen molar-refractivity contribution in [3.8, 4) is 11.4 Å². The van der Waals surface area contributed by atoms with Crippen molar-refractivity contribution in [2.45, 2.75) is 25.9 Å². The highest BCUT2D eigenvalue weighted by Crippen LogP contribution is 2.16. The van der Waals surface area contributed by atoms with E-state index in [1.54, 1.807) is 12.1 Å². The average Bonchev–Trinajstić information content (AvgIpc) is 3.12. The number of hydrogen-bond donors (Lipinski definition) is 1. The second-order valence-electron chi connectivity index (χ2n) is 5.67. The fourth-order valence-electron chi connectivity index (χ4n) is 2.30. The van der Waals surface area contributed by atoms with Gasteiger partial charge in [0.15, 0.2) is 0 Å². The number of carbonyl (C=O) groups excluding carboxylic acids is 1. The Morgan fingerprint density at radius 3 is 2.65 bits per heavy atom. The maximum Gasteiger partial charge on any atom is 0.243 e. The zero-order chi connectivity index (χ0) is 18.2. The molecule has 0 unspecified atom stereocenters. The van der Waals surface area contributed by atoms with Crippen molar-refractivity contribution in [1.82, 2.24) is 15.6 Å². The fourth-order valence-corrected chi connectivity index (χ4v) is 2.30. The zero-order valence-electron chi connectivity index (χ0n) is 14.0. The summed E-state index contributed by atoms with van der Waals surface area (Å²) in [6, 6.07) is 15.4. The fraction of sp³-hybridized carbons (Fsp3) is 0.211. The van der Waals surface area contributed by atoms with Crippen molar-refractivity contribution in [1.29, 1.82) is 0 Å². The van der Waals surface area contributed by atoms with Crippen molar-refractivity contribution in [3.63, 3.8) is 0 Å². The molecule has 0 fully saturated rings. The van der Waals surface area contributed by atoms with Gasteiger partial charge in [0.25, 0.3) is 0 Å². The first-order valence-electron chi connectivity index (χ1n) is 8.24. The molecule has 3 rings (SSSR count). The second kappa shape index (κ2) is 8.87. The number of nitrogens with one attached hydrogen (secondary N) is 1.